The molecule has 4 heteroatoms. The van der Waals surface area contributed by atoms with Gasteiger partial charge in [-0.25, -0.2) is 0 Å². The molecule has 0 radical (unpaired) electrons. The van der Waals surface area contributed by atoms with Crippen molar-refractivity contribution in [2.45, 2.75) is 26.0 Å². The van der Waals surface area contributed by atoms with Gasteiger partial charge in [-0.3, -0.25) is 4.79 Å². The third-order valence-electron chi connectivity index (χ3n) is 3.37. The van der Waals surface area contributed by atoms with Crippen LogP contribution < -0.4 is 10.6 Å². The lowest BCUT2D eigenvalue weighted by Crippen LogP contribution is -2.32. The molecule has 0 bridgehead atoms. The van der Waals surface area contributed by atoms with Crippen molar-refractivity contribution in [1.82, 2.24) is 5.32 Å². The maximum Gasteiger partial charge on any atom is 0.229 e. The molecule has 0 aromatic heterocycles. The van der Waals surface area contributed by atoms with E-state index in [1.165, 1.54) is 0 Å². The fourth-order valence-electron chi connectivity index (χ4n) is 2.36. The number of amides is 1. The molecule has 0 saturated carbocycles. The van der Waals surface area contributed by atoms with E-state index in [2.05, 4.69) is 17.6 Å². The molecule has 1 amide bonds. The van der Waals surface area contributed by atoms with Crippen molar-refractivity contribution in [1.29, 1.82) is 0 Å². The number of methoxy groups -OCH3 is 1. The number of carbonyl (C=O) groups excluding carboxylic acids is 1. The van der Waals surface area contributed by atoms with Gasteiger partial charge in [-0.2, -0.15) is 0 Å². The standard InChI is InChI=1S/C14H20N2O2/c1-10-13(6-7-15-10)14(17)16-12-5-3-4-11(8-12)9-18-2/h3-5,8,10,13,15H,6-7,9H2,1-2H3,(H,16,17). The van der Waals surface area contributed by atoms with E-state index in [1.54, 1.807) is 7.11 Å². The molecular formula is C14H20N2O2. The van der Waals surface area contributed by atoms with Gasteiger partial charge in [0.1, 0.15) is 0 Å². The first-order chi connectivity index (χ1) is 8.70. The van der Waals surface area contributed by atoms with Gasteiger partial charge in [-0.05, 0) is 37.6 Å². The maximum atomic E-state index is 12.1. The summed E-state index contributed by atoms with van der Waals surface area (Å²) in [6.07, 6.45) is 0.908. The predicted molar refractivity (Wildman–Crippen MR) is 71.4 cm³/mol. The molecule has 1 heterocycles. The number of carbonyl (C=O) groups is 1. The molecule has 1 aromatic carbocycles. The van der Waals surface area contributed by atoms with Gasteiger partial charge in [0, 0.05) is 18.8 Å². The molecule has 0 aliphatic carbocycles. The molecule has 0 spiro atoms. The molecule has 98 valence electrons. The first-order valence-electron chi connectivity index (χ1n) is 6.33. The van der Waals surface area contributed by atoms with Crippen LogP contribution in [0.2, 0.25) is 0 Å². The van der Waals surface area contributed by atoms with Crippen molar-refractivity contribution in [3.05, 3.63) is 29.8 Å². The largest absolute Gasteiger partial charge is 0.380 e. The van der Waals surface area contributed by atoms with Crippen molar-refractivity contribution >= 4 is 11.6 Å². The minimum absolute atomic E-state index is 0.0658. The second-order valence-electron chi connectivity index (χ2n) is 4.76. The first kappa shape index (κ1) is 13.1. The van der Waals surface area contributed by atoms with E-state index in [0.29, 0.717) is 6.61 Å². The lowest BCUT2D eigenvalue weighted by atomic mass is 10.0. The van der Waals surface area contributed by atoms with Gasteiger partial charge in [0.2, 0.25) is 5.91 Å². The van der Waals surface area contributed by atoms with Crippen LogP contribution in [0.25, 0.3) is 0 Å². The van der Waals surface area contributed by atoms with Crippen molar-refractivity contribution in [2.75, 3.05) is 19.0 Å². The predicted octanol–water partition coefficient (Wildman–Crippen LogP) is 1.77. The lowest BCUT2D eigenvalue weighted by Gasteiger charge is -2.15. The summed E-state index contributed by atoms with van der Waals surface area (Å²) in [5.74, 6) is 0.165. The number of anilines is 1. The minimum atomic E-state index is 0.0658. The highest BCUT2D eigenvalue weighted by atomic mass is 16.5. The zero-order valence-electron chi connectivity index (χ0n) is 10.9. The van der Waals surface area contributed by atoms with Gasteiger partial charge in [0.15, 0.2) is 0 Å². The fraction of sp³-hybridized carbons (Fsp3) is 0.500. The van der Waals surface area contributed by atoms with E-state index in [1.807, 2.05) is 24.3 Å². The number of nitrogens with one attached hydrogen (secondary N) is 2. The third kappa shape index (κ3) is 3.09. The average Bonchev–Trinajstić information content (AvgIpc) is 2.76. The van der Waals surface area contributed by atoms with Crippen LogP contribution in [0, 0.1) is 5.92 Å². The smallest absolute Gasteiger partial charge is 0.229 e. The Morgan fingerprint density at radius 1 is 1.56 bits per heavy atom. The number of rotatable bonds is 4. The summed E-state index contributed by atoms with van der Waals surface area (Å²) < 4.78 is 5.08. The monoisotopic (exact) mass is 248 g/mol. The van der Waals surface area contributed by atoms with E-state index in [9.17, 15) is 4.79 Å². The van der Waals surface area contributed by atoms with Gasteiger partial charge < -0.3 is 15.4 Å². The highest BCUT2D eigenvalue weighted by Gasteiger charge is 2.29. The zero-order valence-corrected chi connectivity index (χ0v) is 10.9. The van der Waals surface area contributed by atoms with Crippen LogP contribution in [0.5, 0.6) is 0 Å². The Kier molecular flexibility index (Phi) is 4.33. The summed E-state index contributed by atoms with van der Waals surface area (Å²) in [5.41, 5.74) is 1.90. The van der Waals surface area contributed by atoms with Crippen LogP contribution >= 0.6 is 0 Å². The number of benzene rings is 1. The summed E-state index contributed by atoms with van der Waals surface area (Å²) in [5, 5.41) is 6.27. The Balaban J connectivity index is 2.00. The topological polar surface area (TPSA) is 50.4 Å². The van der Waals surface area contributed by atoms with E-state index in [4.69, 9.17) is 4.74 Å². The number of hydrogen-bond acceptors (Lipinski definition) is 3. The summed E-state index contributed by atoms with van der Waals surface area (Å²) in [4.78, 5) is 12.1. The molecule has 1 aliphatic rings. The highest BCUT2D eigenvalue weighted by Crippen LogP contribution is 2.18. The molecule has 1 fully saturated rings. The van der Waals surface area contributed by atoms with E-state index < -0.39 is 0 Å². The Bertz CT molecular complexity index is 420. The van der Waals surface area contributed by atoms with Crippen LogP contribution in [0.3, 0.4) is 0 Å². The van der Waals surface area contributed by atoms with Crippen LogP contribution in [-0.4, -0.2) is 25.6 Å². The quantitative estimate of drug-likeness (QED) is 0.853. The highest BCUT2D eigenvalue weighted by molar-refractivity contribution is 5.93. The van der Waals surface area contributed by atoms with E-state index in [-0.39, 0.29) is 17.9 Å². The molecule has 1 saturated heterocycles. The molecule has 1 aliphatic heterocycles. The minimum Gasteiger partial charge on any atom is -0.380 e. The van der Waals surface area contributed by atoms with Crippen molar-refractivity contribution in [2.24, 2.45) is 5.92 Å². The molecular weight excluding hydrogens is 228 g/mol. The number of hydrogen-bond donors (Lipinski definition) is 2. The molecule has 18 heavy (non-hydrogen) atoms. The second kappa shape index (κ2) is 5.98. The van der Waals surface area contributed by atoms with E-state index in [0.717, 1.165) is 24.2 Å². The maximum absolute atomic E-state index is 12.1. The average molecular weight is 248 g/mol. The van der Waals surface area contributed by atoms with Gasteiger partial charge >= 0.3 is 0 Å². The Labute approximate surface area is 108 Å². The molecule has 1 aromatic rings. The van der Waals surface area contributed by atoms with Crippen molar-refractivity contribution < 1.29 is 9.53 Å². The van der Waals surface area contributed by atoms with Gasteiger partial charge in [-0.15, -0.1) is 0 Å². The van der Waals surface area contributed by atoms with Gasteiger partial charge in [-0.1, -0.05) is 12.1 Å². The molecule has 4 nitrogen and oxygen atoms in total. The van der Waals surface area contributed by atoms with Crippen LogP contribution in [0.1, 0.15) is 18.9 Å². The third-order valence-corrected chi connectivity index (χ3v) is 3.37. The summed E-state index contributed by atoms with van der Waals surface area (Å²) in [6, 6.07) is 8.03. The molecule has 2 rings (SSSR count). The first-order valence-corrected chi connectivity index (χ1v) is 6.33. The van der Waals surface area contributed by atoms with Crippen molar-refractivity contribution in [3.63, 3.8) is 0 Å². The lowest BCUT2D eigenvalue weighted by molar-refractivity contribution is -0.119. The van der Waals surface area contributed by atoms with Gasteiger partial charge in [0.25, 0.3) is 0 Å². The molecule has 2 atom stereocenters. The number of ether oxygens (including phenoxy) is 1. The zero-order chi connectivity index (χ0) is 13.0. The molecule has 2 N–H and O–H groups in total. The fourth-order valence-corrected chi connectivity index (χ4v) is 2.36. The van der Waals surface area contributed by atoms with Crippen LogP contribution in [-0.2, 0) is 16.1 Å². The van der Waals surface area contributed by atoms with Crippen LogP contribution in [0.15, 0.2) is 24.3 Å². The van der Waals surface area contributed by atoms with Crippen molar-refractivity contribution in [3.8, 4) is 0 Å². The Hall–Kier alpha value is -1.39. The summed E-state index contributed by atoms with van der Waals surface area (Å²) >= 11 is 0. The summed E-state index contributed by atoms with van der Waals surface area (Å²) in [7, 11) is 1.66. The normalized spacial score (nSPS) is 23.0. The Morgan fingerprint density at radius 3 is 3.06 bits per heavy atom. The van der Waals surface area contributed by atoms with Crippen LogP contribution in [0.4, 0.5) is 5.69 Å². The SMILES string of the molecule is COCc1cccc(NC(=O)C2CCNC2C)c1. The van der Waals surface area contributed by atoms with Gasteiger partial charge in [0.05, 0.1) is 12.5 Å². The second-order valence-corrected chi connectivity index (χ2v) is 4.76. The molecule has 2 unspecified atom stereocenters. The Morgan fingerprint density at radius 2 is 2.39 bits per heavy atom. The summed E-state index contributed by atoms with van der Waals surface area (Å²) in [6.45, 7) is 3.53. The van der Waals surface area contributed by atoms with E-state index >= 15 is 0 Å².